The number of allylic oxidation sites excluding steroid dienone is 1. The van der Waals surface area contributed by atoms with Crippen LogP contribution in [-0.2, 0) is 14.3 Å². The van der Waals surface area contributed by atoms with Gasteiger partial charge >= 0.3 is 24.1 Å². The van der Waals surface area contributed by atoms with Gasteiger partial charge in [-0.3, -0.25) is 0 Å². The first-order valence-corrected chi connectivity index (χ1v) is 8.45. The highest BCUT2D eigenvalue weighted by molar-refractivity contribution is 6.24. The van der Waals surface area contributed by atoms with E-state index >= 15 is 0 Å². The van der Waals surface area contributed by atoms with E-state index in [2.05, 4.69) is 4.74 Å². The van der Waals surface area contributed by atoms with Crippen LogP contribution in [0, 0.1) is 0 Å². The maximum absolute atomic E-state index is 14.6. The number of nitrogens with zero attached hydrogens (tertiary/aromatic N) is 2. The number of hydrogen-bond acceptors (Lipinski definition) is 5. The van der Waals surface area contributed by atoms with Crippen molar-refractivity contribution in [3.05, 3.63) is 41.6 Å². The second-order valence-electron chi connectivity index (χ2n) is 5.59. The van der Waals surface area contributed by atoms with Gasteiger partial charge in [-0.25, -0.2) is 14.4 Å². The molecule has 0 saturated carbocycles. The monoisotopic (exact) mass is 440 g/mol. The van der Waals surface area contributed by atoms with Gasteiger partial charge in [-0.05, 0) is 32.9 Å². The van der Waals surface area contributed by atoms with Crippen LogP contribution < -0.4 is 5.12 Å². The van der Waals surface area contributed by atoms with Gasteiger partial charge in [0.15, 0.2) is 5.70 Å². The number of urea groups is 1. The molecule has 0 spiro atoms. The summed E-state index contributed by atoms with van der Waals surface area (Å²) in [6.45, 7) is 4.15. The number of carbonyl (C=O) groups excluding carboxylic acids is 3. The van der Waals surface area contributed by atoms with Crippen molar-refractivity contribution in [1.82, 2.24) is 4.42 Å². The highest BCUT2D eigenvalue weighted by atomic mass is 35.5. The maximum Gasteiger partial charge on any atom is 0.433 e. The summed E-state index contributed by atoms with van der Waals surface area (Å²) in [5, 5.41) is -0.769. The molecule has 1 rings (SSSR count). The zero-order valence-corrected chi connectivity index (χ0v) is 16.3. The number of para-hydroxylation sites is 1. The third kappa shape index (κ3) is 6.63. The molecule has 7 nitrogen and oxygen atoms in total. The van der Waals surface area contributed by atoms with Crippen LogP contribution in [-0.4, -0.2) is 41.3 Å². The standard InChI is InChI=1S/C17H17ClF4N2O5/c1-4-28-14(25)9-13(17(19,20)21)23(18)16(27)24(22)12-8-6-5-7-11(12)15(26)29-10(2)3/h5-10H,4H2,1-3H3/b13-9+. The van der Waals surface area contributed by atoms with Gasteiger partial charge in [-0.1, -0.05) is 16.6 Å². The first kappa shape index (κ1) is 24.2. The topological polar surface area (TPSA) is 76.2 Å². The molecular formula is C17H17ClF4N2O5. The third-order valence-corrected chi connectivity index (χ3v) is 3.38. The van der Waals surface area contributed by atoms with Gasteiger partial charge in [0.1, 0.15) is 0 Å². The van der Waals surface area contributed by atoms with Crippen LogP contribution in [0.1, 0.15) is 31.1 Å². The van der Waals surface area contributed by atoms with Gasteiger partial charge in [0.25, 0.3) is 0 Å². The van der Waals surface area contributed by atoms with E-state index in [0.717, 1.165) is 12.1 Å². The fraction of sp³-hybridized carbons (Fsp3) is 0.353. The van der Waals surface area contributed by atoms with Crippen LogP contribution in [0.5, 0.6) is 0 Å². The average molecular weight is 441 g/mol. The molecule has 0 aliphatic heterocycles. The number of benzene rings is 1. The first-order valence-electron chi connectivity index (χ1n) is 8.11. The molecule has 0 saturated heterocycles. The molecule has 160 valence electrons. The predicted octanol–water partition coefficient (Wildman–Crippen LogP) is 4.53. The molecule has 0 unspecified atom stereocenters. The van der Waals surface area contributed by atoms with Gasteiger partial charge in [-0.15, -0.1) is 5.12 Å². The number of halogens is 5. The highest BCUT2D eigenvalue weighted by Gasteiger charge is 2.43. The number of amides is 2. The Morgan fingerprint density at radius 2 is 1.79 bits per heavy atom. The van der Waals surface area contributed by atoms with Crippen molar-refractivity contribution in [3.63, 3.8) is 0 Å². The molecule has 12 heteroatoms. The summed E-state index contributed by atoms with van der Waals surface area (Å²) in [4.78, 5) is 35.6. The minimum absolute atomic E-state index is 0.0961. The molecule has 0 radical (unpaired) electrons. The van der Waals surface area contributed by atoms with Crippen molar-refractivity contribution in [3.8, 4) is 0 Å². The maximum atomic E-state index is 14.6. The Labute approximate surface area is 168 Å². The largest absolute Gasteiger partial charge is 0.463 e. The van der Waals surface area contributed by atoms with Crippen LogP contribution in [0.25, 0.3) is 0 Å². The predicted molar refractivity (Wildman–Crippen MR) is 94.4 cm³/mol. The molecular weight excluding hydrogens is 424 g/mol. The summed E-state index contributed by atoms with van der Waals surface area (Å²) < 4.78 is 62.8. The van der Waals surface area contributed by atoms with E-state index in [1.807, 2.05) is 0 Å². The fourth-order valence-corrected chi connectivity index (χ4v) is 2.13. The van der Waals surface area contributed by atoms with Gasteiger partial charge < -0.3 is 9.47 Å². The smallest absolute Gasteiger partial charge is 0.433 e. The Hall–Kier alpha value is -2.82. The number of anilines is 1. The lowest BCUT2D eigenvalue weighted by atomic mass is 10.2. The molecule has 0 aliphatic carbocycles. The zero-order valence-electron chi connectivity index (χ0n) is 15.5. The Morgan fingerprint density at radius 1 is 1.21 bits per heavy atom. The van der Waals surface area contributed by atoms with Crippen LogP contribution in [0.15, 0.2) is 36.0 Å². The van der Waals surface area contributed by atoms with Crippen molar-refractivity contribution in [2.45, 2.75) is 33.1 Å². The second kappa shape index (κ2) is 10.1. The summed E-state index contributed by atoms with van der Waals surface area (Å²) in [5.41, 5.74) is -3.11. The number of carbonyl (C=O) groups is 3. The summed E-state index contributed by atoms with van der Waals surface area (Å²) in [7, 11) is 0. The van der Waals surface area contributed by atoms with Crippen LogP contribution in [0.3, 0.4) is 0 Å². The lowest BCUT2D eigenvalue weighted by molar-refractivity contribution is -0.138. The van der Waals surface area contributed by atoms with Crippen molar-refractivity contribution in [2.24, 2.45) is 0 Å². The van der Waals surface area contributed by atoms with E-state index in [4.69, 9.17) is 16.5 Å². The quantitative estimate of drug-likeness (QED) is 0.281. The lowest BCUT2D eigenvalue weighted by Crippen LogP contribution is -2.38. The van der Waals surface area contributed by atoms with Crippen LogP contribution >= 0.6 is 11.8 Å². The van der Waals surface area contributed by atoms with Gasteiger partial charge in [0.2, 0.25) is 0 Å². The van der Waals surface area contributed by atoms with Gasteiger partial charge in [0.05, 0.1) is 30.0 Å². The van der Waals surface area contributed by atoms with E-state index in [0.29, 0.717) is 0 Å². The summed E-state index contributed by atoms with van der Waals surface area (Å²) in [5.74, 6) is -2.45. The number of rotatable bonds is 6. The molecule has 0 bridgehead atoms. The Kier molecular flexibility index (Phi) is 8.43. The number of hydrogen-bond donors (Lipinski definition) is 0. The Morgan fingerprint density at radius 3 is 2.31 bits per heavy atom. The molecule has 29 heavy (non-hydrogen) atoms. The fourth-order valence-electron chi connectivity index (χ4n) is 1.92. The van der Waals surface area contributed by atoms with Crippen molar-refractivity contribution >= 4 is 35.4 Å². The van der Waals surface area contributed by atoms with Gasteiger partial charge in [-0.2, -0.15) is 17.6 Å². The molecule has 1 aromatic rings. The molecule has 0 heterocycles. The molecule has 0 aromatic heterocycles. The van der Waals surface area contributed by atoms with Gasteiger partial charge in [0, 0.05) is 11.8 Å². The Balaban J connectivity index is 3.26. The molecule has 0 N–H and O–H groups in total. The van der Waals surface area contributed by atoms with Crippen molar-refractivity contribution in [1.29, 1.82) is 0 Å². The van der Waals surface area contributed by atoms with E-state index in [1.54, 1.807) is 0 Å². The van der Waals surface area contributed by atoms with Crippen LogP contribution in [0.4, 0.5) is 28.1 Å². The number of ether oxygens (including phenoxy) is 2. The minimum atomic E-state index is -5.29. The summed E-state index contributed by atoms with van der Waals surface area (Å²) in [6, 6.07) is 2.61. The molecule has 0 aliphatic rings. The van der Waals surface area contributed by atoms with E-state index in [1.165, 1.54) is 32.9 Å². The molecule has 0 fully saturated rings. The number of esters is 2. The molecule has 0 atom stereocenters. The second-order valence-corrected chi connectivity index (χ2v) is 5.93. The van der Waals surface area contributed by atoms with Crippen molar-refractivity contribution < 1.29 is 41.5 Å². The average Bonchev–Trinajstić information content (AvgIpc) is 2.63. The normalized spacial score (nSPS) is 11.8. The van der Waals surface area contributed by atoms with Crippen LogP contribution in [0.2, 0.25) is 0 Å². The van der Waals surface area contributed by atoms with Crippen molar-refractivity contribution in [2.75, 3.05) is 11.7 Å². The zero-order chi connectivity index (χ0) is 22.4. The van der Waals surface area contributed by atoms with E-state index < -0.39 is 56.7 Å². The minimum Gasteiger partial charge on any atom is -0.463 e. The summed E-state index contributed by atoms with van der Waals surface area (Å²) in [6.07, 6.45) is -5.96. The number of alkyl halides is 3. The molecule has 2 amide bonds. The van der Waals surface area contributed by atoms with E-state index in [9.17, 15) is 32.0 Å². The molecule has 1 aromatic carbocycles. The highest BCUT2D eigenvalue weighted by Crippen LogP contribution is 2.32. The summed E-state index contributed by atoms with van der Waals surface area (Å²) >= 11 is 5.38. The SMILES string of the molecule is CCOC(=O)/C=C(/N(Cl)C(=O)N(F)c1ccccc1C(=O)OC(C)C)C(F)(F)F. The van der Waals surface area contributed by atoms with E-state index in [-0.39, 0.29) is 12.7 Å². The third-order valence-electron chi connectivity index (χ3n) is 3.06. The lowest BCUT2D eigenvalue weighted by Gasteiger charge is -2.23. The Bertz CT molecular complexity index is 798. The first-order chi connectivity index (χ1) is 13.4.